The standard InChI is InChI=1S/C15H30N2O2/c1-3-19-14-12-13(15(14)18-2)16-8-7-11-17-9-5-4-6-10-17/h13-16H,3-12H2,1-2H3. The van der Waals surface area contributed by atoms with Crippen LogP contribution in [0.15, 0.2) is 0 Å². The molecule has 0 bridgehead atoms. The lowest BCUT2D eigenvalue weighted by molar-refractivity contribution is -0.131. The van der Waals surface area contributed by atoms with Gasteiger partial charge in [-0.15, -0.1) is 0 Å². The van der Waals surface area contributed by atoms with Crippen molar-refractivity contribution in [2.45, 2.75) is 57.3 Å². The topological polar surface area (TPSA) is 33.7 Å². The molecule has 2 fully saturated rings. The Hall–Kier alpha value is -0.160. The third-order valence-electron chi connectivity index (χ3n) is 4.41. The van der Waals surface area contributed by atoms with Gasteiger partial charge in [-0.1, -0.05) is 6.42 Å². The molecular formula is C15H30N2O2. The van der Waals surface area contributed by atoms with Gasteiger partial charge in [0.25, 0.3) is 0 Å². The van der Waals surface area contributed by atoms with Crippen LogP contribution in [0.1, 0.15) is 39.0 Å². The molecule has 1 saturated heterocycles. The summed E-state index contributed by atoms with van der Waals surface area (Å²) in [6.07, 6.45) is 7.08. The van der Waals surface area contributed by atoms with Crippen molar-refractivity contribution in [3.8, 4) is 0 Å². The van der Waals surface area contributed by atoms with E-state index in [1.807, 2.05) is 6.92 Å². The second-order valence-corrected chi connectivity index (χ2v) is 5.75. The molecule has 1 N–H and O–H groups in total. The molecule has 0 amide bonds. The van der Waals surface area contributed by atoms with E-state index in [0.717, 1.165) is 19.6 Å². The molecular weight excluding hydrogens is 240 g/mol. The molecule has 19 heavy (non-hydrogen) atoms. The van der Waals surface area contributed by atoms with Crippen molar-refractivity contribution in [3.05, 3.63) is 0 Å². The Kier molecular flexibility index (Phi) is 6.57. The molecule has 3 unspecified atom stereocenters. The lowest BCUT2D eigenvalue weighted by Crippen LogP contribution is -2.60. The Morgan fingerprint density at radius 1 is 1.21 bits per heavy atom. The molecule has 4 heteroatoms. The van der Waals surface area contributed by atoms with Gasteiger partial charge in [-0.3, -0.25) is 0 Å². The Labute approximate surface area is 117 Å². The van der Waals surface area contributed by atoms with Crippen LogP contribution >= 0.6 is 0 Å². The average molecular weight is 270 g/mol. The van der Waals surface area contributed by atoms with Gasteiger partial charge >= 0.3 is 0 Å². The Morgan fingerprint density at radius 2 is 2.00 bits per heavy atom. The Morgan fingerprint density at radius 3 is 2.68 bits per heavy atom. The first-order valence-electron chi connectivity index (χ1n) is 7.95. The molecule has 0 aromatic rings. The van der Waals surface area contributed by atoms with Crippen molar-refractivity contribution in [2.75, 3.05) is 39.9 Å². The fourth-order valence-corrected chi connectivity index (χ4v) is 3.25. The lowest BCUT2D eigenvalue weighted by Gasteiger charge is -2.43. The number of hydrogen-bond donors (Lipinski definition) is 1. The summed E-state index contributed by atoms with van der Waals surface area (Å²) in [4.78, 5) is 2.60. The minimum atomic E-state index is 0.245. The molecule has 0 aromatic heterocycles. The molecule has 1 aliphatic carbocycles. The minimum absolute atomic E-state index is 0.245. The number of piperidine rings is 1. The van der Waals surface area contributed by atoms with Gasteiger partial charge in [0.1, 0.15) is 0 Å². The van der Waals surface area contributed by atoms with Crippen molar-refractivity contribution < 1.29 is 9.47 Å². The summed E-state index contributed by atoms with van der Waals surface area (Å²) in [6, 6.07) is 0.489. The molecule has 3 atom stereocenters. The summed E-state index contributed by atoms with van der Waals surface area (Å²) in [5.74, 6) is 0. The SMILES string of the molecule is CCOC1CC(NCCCN2CCCCC2)C1OC. The number of ether oxygens (including phenoxy) is 2. The summed E-state index contributed by atoms with van der Waals surface area (Å²) >= 11 is 0. The predicted molar refractivity (Wildman–Crippen MR) is 77.5 cm³/mol. The number of nitrogens with zero attached hydrogens (tertiary/aromatic N) is 1. The largest absolute Gasteiger partial charge is 0.377 e. The van der Waals surface area contributed by atoms with Gasteiger partial charge in [-0.05, 0) is 58.8 Å². The average Bonchev–Trinajstić information content (AvgIpc) is 2.42. The highest BCUT2D eigenvalue weighted by atomic mass is 16.5. The fourth-order valence-electron chi connectivity index (χ4n) is 3.25. The van der Waals surface area contributed by atoms with E-state index in [-0.39, 0.29) is 6.10 Å². The second kappa shape index (κ2) is 8.20. The van der Waals surface area contributed by atoms with Crippen molar-refractivity contribution in [1.82, 2.24) is 10.2 Å². The Balaban J connectivity index is 1.53. The van der Waals surface area contributed by atoms with Crippen LogP contribution in [0.2, 0.25) is 0 Å². The van der Waals surface area contributed by atoms with E-state index in [2.05, 4.69) is 10.2 Å². The summed E-state index contributed by atoms with van der Waals surface area (Å²) in [5, 5.41) is 3.62. The molecule has 4 nitrogen and oxygen atoms in total. The first-order valence-corrected chi connectivity index (χ1v) is 7.95. The minimum Gasteiger partial charge on any atom is -0.377 e. The summed E-state index contributed by atoms with van der Waals surface area (Å²) < 4.78 is 11.2. The zero-order chi connectivity index (χ0) is 13.5. The zero-order valence-corrected chi connectivity index (χ0v) is 12.6. The van der Waals surface area contributed by atoms with Crippen molar-refractivity contribution in [2.24, 2.45) is 0 Å². The van der Waals surface area contributed by atoms with Crippen LogP contribution in [0.5, 0.6) is 0 Å². The number of likely N-dealkylation sites (tertiary alicyclic amines) is 1. The molecule has 0 aromatic carbocycles. The first-order chi connectivity index (χ1) is 9.35. The smallest absolute Gasteiger partial charge is 0.0986 e. The summed E-state index contributed by atoms with van der Waals surface area (Å²) in [6.45, 7) is 7.78. The first kappa shape index (κ1) is 15.2. The summed E-state index contributed by atoms with van der Waals surface area (Å²) in [7, 11) is 1.79. The van der Waals surface area contributed by atoms with E-state index < -0.39 is 0 Å². The summed E-state index contributed by atoms with van der Waals surface area (Å²) in [5.41, 5.74) is 0. The fraction of sp³-hybridized carbons (Fsp3) is 1.00. The van der Waals surface area contributed by atoms with Gasteiger partial charge in [0, 0.05) is 19.8 Å². The van der Waals surface area contributed by atoms with E-state index in [9.17, 15) is 0 Å². The maximum Gasteiger partial charge on any atom is 0.0986 e. The van der Waals surface area contributed by atoms with Gasteiger partial charge in [-0.2, -0.15) is 0 Å². The molecule has 2 aliphatic rings. The van der Waals surface area contributed by atoms with Gasteiger partial charge in [0.05, 0.1) is 12.2 Å². The van der Waals surface area contributed by atoms with Crippen molar-refractivity contribution >= 4 is 0 Å². The van der Waals surface area contributed by atoms with E-state index in [1.54, 1.807) is 7.11 Å². The normalized spacial score (nSPS) is 32.2. The zero-order valence-electron chi connectivity index (χ0n) is 12.6. The molecule has 1 aliphatic heterocycles. The van der Waals surface area contributed by atoms with Crippen molar-refractivity contribution in [1.29, 1.82) is 0 Å². The third-order valence-corrected chi connectivity index (χ3v) is 4.41. The maximum absolute atomic E-state index is 5.64. The molecule has 112 valence electrons. The maximum atomic E-state index is 5.64. The van der Waals surface area contributed by atoms with E-state index >= 15 is 0 Å². The second-order valence-electron chi connectivity index (χ2n) is 5.75. The van der Waals surface area contributed by atoms with Crippen molar-refractivity contribution in [3.63, 3.8) is 0 Å². The number of rotatable bonds is 8. The van der Waals surface area contributed by atoms with Crippen LogP contribution in [-0.2, 0) is 9.47 Å². The molecule has 0 spiro atoms. The predicted octanol–water partition coefficient (Wildman–Crippen LogP) is 1.64. The number of methoxy groups -OCH3 is 1. The number of hydrogen-bond acceptors (Lipinski definition) is 4. The molecule has 1 saturated carbocycles. The third kappa shape index (κ3) is 4.42. The van der Waals surface area contributed by atoms with E-state index in [1.165, 1.54) is 45.3 Å². The van der Waals surface area contributed by atoms with Gasteiger partial charge in [0.2, 0.25) is 0 Å². The number of nitrogens with one attached hydrogen (secondary N) is 1. The highest BCUT2D eigenvalue weighted by Gasteiger charge is 2.41. The van der Waals surface area contributed by atoms with E-state index in [4.69, 9.17) is 9.47 Å². The van der Waals surface area contributed by atoms with Gasteiger partial charge < -0.3 is 19.7 Å². The monoisotopic (exact) mass is 270 g/mol. The molecule has 2 rings (SSSR count). The van der Waals surface area contributed by atoms with Crippen LogP contribution in [-0.4, -0.2) is 63.0 Å². The Bertz CT molecular complexity index is 244. The van der Waals surface area contributed by atoms with E-state index in [0.29, 0.717) is 12.1 Å². The highest BCUT2D eigenvalue weighted by molar-refractivity contribution is 4.97. The van der Waals surface area contributed by atoms with Gasteiger partial charge in [0.15, 0.2) is 0 Å². The molecule has 0 radical (unpaired) electrons. The lowest BCUT2D eigenvalue weighted by atomic mass is 9.85. The van der Waals surface area contributed by atoms with Crippen LogP contribution in [0.3, 0.4) is 0 Å². The van der Waals surface area contributed by atoms with Crippen LogP contribution in [0.25, 0.3) is 0 Å². The quantitative estimate of drug-likeness (QED) is 0.680. The van der Waals surface area contributed by atoms with Crippen LogP contribution in [0.4, 0.5) is 0 Å². The van der Waals surface area contributed by atoms with Crippen LogP contribution in [0, 0.1) is 0 Å². The van der Waals surface area contributed by atoms with Crippen LogP contribution < -0.4 is 5.32 Å². The highest BCUT2D eigenvalue weighted by Crippen LogP contribution is 2.26. The molecule has 1 heterocycles. The van der Waals surface area contributed by atoms with Gasteiger partial charge in [-0.25, -0.2) is 0 Å².